The van der Waals surface area contributed by atoms with Gasteiger partial charge in [0.1, 0.15) is 45.1 Å². The van der Waals surface area contributed by atoms with E-state index >= 15 is 0 Å². The van der Waals surface area contributed by atoms with Crippen LogP contribution < -0.4 is 18.9 Å². The molecule has 0 heterocycles. The van der Waals surface area contributed by atoms with Crippen LogP contribution in [0.3, 0.4) is 0 Å². The Bertz CT molecular complexity index is 4720. The van der Waals surface area contributed by atoms with Gasteiger partial charge in [0.25, 0.3) is 40.5 Å². The Kier molecular flexibility index (Phi) is 22.6. The molecule has 29 heteroatoms. The van der Waals surface area contributed by atoms with Crippen LogP contribution in [0.2, 0.25) is 0 Å². The summed E-state index contributed by atoms with van der Waals surface area (Å²) < 4.78 is 157. The van der Waals surface area contributed by atoms with E-state index in [9.17, 15) is 56.7 Å². The average Bonchev–Trinajstić information content (AvgIpc) is 0.806. The fourth-order valence-corrected chi connectivity index (χ4v) is 11.6. The summed E-state index contributed by atoms with van der Waals surface area (Å²) in [5.74, 6) is -0.402. The van der Waals surface area contributed by atoms with E-state index in [2.05, 4.69) is 40.9 Å². The zero-order valence-corrected chi connectivity index (χ0v) is 54.1. The second kappa shape index (κ2) is 30.1. The van der Waals surface area contributed by atoms with Crippen molar-refractivity contribution in [3.05, 3.63) is 155 Å². The lowest BCUT2D eigenvalue weighted by atomic mass is 9.98. The number of aryl methyl sites for hydroxylation is 4. The molecule has 0 spiro atoms. The first-order valence-corrected chi connectivity index (χ1v) is 34.8. The molecule has 8 aromatic rings. The molecular formula is C63H66N8O17S4. The van der Waals surface area contributed by atoms with E-state index in [4.69, 9.17) is 18.9 Å². The normalized spacial score (nSPS) is 12.5. The van der Waals surface area contributed by atoms with Crippen LogP contribution in [0.1, 0.15) is 72.9 Å². The number of Topliss-reactive ketones (excluding diaryl/α,β-unsaturated/α-hetero) is 1. The van der Waals surface area contributed by atoms with Gasteiger partial charge in [-0.1, -0.05) is 50.2 Å². The lowest BCUT2D eigenvalue weighted by molar-refractivity contribution is -0.117. The summed E-state index contributed by atoms with van der Waals surface area (Å²) in [6, 6.07) is 32.6. The molecule has 0 bridgehead atoms. The standard InChI is InChI=1S/C63H66N8O17S4/c1-7-19-85-59-35-53(68-70-57-27-41(5)55(37-61(57)86-20-8-2)66-64-48-16-15-43-13-9-10-14-44(43)29-48)39(3)25-46(59)31-50(72)32-47-26-40(4)54(36-60(47)87-21-11-23-89(73,74)75)69-71-58-28-42(6)56(38-62(58)88-22-12-24-90(76,77)78)67-65-49-17-18-52-45(30-49)33-51(91(79,80)81)34-63(52)92(82,83)84/h9-10,13-18,25-30,33-38H,7-8,11-12,19-24,31-32H2,1-6H3,(H,73,74,75)(H,76,77,78)(H,79,80,81)(H,82,83,84). The van der Waals surface area contributed by atoms with Gasteiger partial charge in [-0.05, 0) is 152 Å². The maximum Gasteiger partial charge on any atom is 0.295 e. The first-order chi connectivity index (χ1) is 43.5. The summed E-state index contributed by atoms with van der Waals surface area (Å²) in [7, 11) is -18.6. The van der Waals surface area contributed by atoms with Crippen molar-refractivity contribution in [1.29, 1.82) is 0 Å². The number of hydrogen-bond acceptors (Lipinski definition) is 21. The number of carbonyl (C=O) groups excluding carboxylic acids is 1. The molecule has 0 aliphatic rings. The molecule has 0 unspecified atom stereocenters. The molecular weight excluding hydrogens is 1270 g/mol. The minimum absolute atomic E-state index is 0.0249. The lowest BCUT2D eigenvalue weighted by Crippen LogP contribution is -2.12. The quantitative estimate of drug-likeness (QED) is 0.0184. The van der Waals surface area contributed by atoms with Crippen molar-refractivity contribution < 1.29 is 75.6 Å². The third kappa shape index (κ3) is 19.4. The van der Waals surface area contributed by atoms with Crippen molar-refractivity contribution >= 4 is 113 Å². The van der Waals surface area contributed by atoms with E-state index in [1.807, 2.05) is 82.3 Å². The minimum Gasteiger partial charge on any atom is -0.493 e. The van der Waals surface area contributed by atoms with Gasteiger partial charge in [0, 0.05) is 53.6 Å². The van der Waals surface area contributed by atoms with Crippen molar-refractivity contribution in [2.75, 3.05) is 37.9 Å². The van der Waals surface area contributed by atoms with E-state index in [1.54, 1.807) is 32.0 Å². The summed E-state index contributed by atoms with van der Waals surface area (Å²) in [4.78, 5) is 12.7. The number of azo groups is 4. The molecule has 0 radical (unpaired) electrons. The summed E-state index contributed by atoms with van der Waals surface area (Å²) >= 11 is 0. The largest absolute Gasteiger partial charge is 0.493 e. The molecule has 8 rings (SSSR count). The minimum atomic E-state index is -4.95. The zero-order chi connectivity index (χ0) is 66.5. The highest BCUT2D eigenvalue weighted by Gasteiger charge is 2.23. The van der Waals surface area contributed by atoms with Crippen LogP contribution in [0.25, 0.3) is 21.5 Å². The Morgan fingerprint density at radius 2 is 0.804 bits per heavy atom. The maximum atomic E-state index is 14.3. The highest BCUT2D eigenvalue weighted by atomic mass is 32.2. The van der Waals surface area contributed by atoms with Crippen LogP contribution >= 0.6 is 0 Å². The molecule has 8 aromatic carbocycles. The number of ketones is 1. The topological polar surface area (TPSA) is 370 Å². The molecule has 0 fully saturated rings. The summed E-state index contributed by atoms with van der Waals surface area (Å²) in [6.07, 6.45) is 0.907. The van der Waals surface area contributed by atoms with Crippen molar-refractivity contribution in [3.63, 3.8) is 0 Å². The SMILES string of the molecule is CCCOc1cc(N=Nc2cc(C)c(N=Nc3ccc4ccccc4c3)cc2OCCC)c(C)cc1CC(=O)Cc1cc(C)c(N=Nc2cc(C)c(N=Nc3ccc4c(S(=O)(=O)O)cc(S(=O)(=O)O)cc4c3)cc2OCCCS(=O)(=O)O)cc1OCCCS(=O)(=O)O. The van der Waals surface area contributed by atoms with E-state index in [1.165, 1.54) is 36.4 Å². The third-order valence-corrected chi connectivity index (χ3v) is 17.2. The van der Waals surface area contributed by atoms with Crippen LogP contribution in [0.15, 0.2) is 172 Å². The number of nitrogens with zero attached hydrogens (tertiary/aromatic N) is 8. The van der Waals surface area contributed by atoms with Gasteiger partial charge < -0.3 is 18.9 Å². The number of rotatable bonds is 30. The molecule has 0 aliphatic carbocycles. The molecule has 25 nitrogen and oxygen atoms in total. The Labute approximate surface area is 532 Å². The molecule has 4 N–H and O–H groups in total. The Hall–Kier alpha value is -8.81. The fraction of sp³-hybridized carbons (Fsp3) is 0.286. The Balaban J connectivity index is 1.06. The Morgan fingerprint density at radius 1 is 0.402 bits per heavy atom. The number of hydrogen-bond donors (Lipinski definition) is 4. The molecule has 0 aliphatic heterocycles. The number of ether oxygens (including phenoxy) is 4. The predicted molar refractivity (Wildman–Crippen MR) is 346 cm³/mol. The second-order valence-electron chi connectivity index (χ2n) is 21.4. The highest BCUT2D eigenvalue weighted by Crippen LogP contribution is 2.41. The van der Waals surface area contributed by atoms with Gasteiger partial charge in [0.05, 0.1) is 77.0 Å². The molecule has 92 heavy (non-hydrogen) atoms. The Morgan fingerprint density at radius 3 is 1.27 bits per heavy atom. The molecule has 0 atom stereocenters. The first-order valence-electron chi connectivity index (χ1n) is 28.7. The van der Waals surface area contributed by atoms with Gasteiger partial charge in [-0.3, -0.25) is 23.0 Å². The number of carbonyl (C=O) groups is 1. The fourth-order valence-electron chi connectivity index (χ4n) is 9.32. The van der Waals surface area contributed by atoms with Crippen LogP contribution in [-0.2, 0) is 58.1 Å². The van der Waals surface area contributed by atoms with Gasteiger partial charge in [-0.25, -0.2) is 0 Å². The van der Waals surface area contributed by atoms with Crippen molar-refractivity contribution in [2.45, 2.75) is 89.9 Å². The van der Waals surface area contributed by atoms with Gasteiger partial charge in [0.2, 0.25) is 0 Å². The van der Waals surface area contributed by atoms with Crippen LogP contribution in [-0.4, -0.2) is 95.6 Å². The van der Waals surface area contributed by atoms with Crippen molar-refractivity contribution in [2.24, 2.45) is 40.9 Å². The third-order valence-electron chi connectivity index (χ3n) is 13.9. The second-order valence-corrected chi connectivity index (χ2v) is 27.3. The van der Waals surface area contributed by atoms with Crippen LogP contribution in [0.5, 0.6) is 23.0 Å². The monoisotopic (exact) mass is 1330 g/mol. The van der Waals surface area contributed by atoms with E-state index in [0.717, 1.165) is 28.8 Å². The van der Waals surface area contributed by atoms with E-state index < -0.39 is 61.8 Å². The summed E-state index contributed by atoms with van der Waals surface area (Å²) in [5.41, 5.74) is 6.35. The number of fused-ring (bicyclic) bond motifs is 2. The number of benzene rings is 8. The molecule has 484 valence electrons. The lowest BCUT2D eigenvalue weighted by Gasteiger charge is -2.16. The van der Waals surface area contributed by atoms with Gasteiger partial charge in [-0.15, -0.1) is 10.2 Å². The smallest absolute Gasteiger partial charge is 0.295 e. The van der Waals surface area contributed by atoms with Gasteiger partial charge in [-0.2, -0.15) is 64.4 Å². The molecule has 0 amide bonds. The summed E-state index contributed by atoms with van der Waals surface area (Å²) in [6.45, 7) is 11.4. The van der Waals surface area contributed by atoms with Crippen LogP contribution in [0.4, 0.5) is 45.5 Å². The van der Waals surface area contributed by atoms with Crippen LogP contribution in [0, 0.1) is 27.7 Å². The van der Waals surface area contributed by atoms with Crippen molar-refractivity contribution in [1.82, 2.24) is 0 Å². The molecule has 0 saturated heterocycles. The van der Waals surface area contributed by atoms with E-state index in [0.29, 0.717) is 87.8 Å². The average molecular weight is 1340 g/mol. The van der Waals surface area contributed by atoms with Gasteiger partial charge >= 0.3 is 0 Å². The van der Waals surface area contributed by atoms with E-state index in [-0.39, 0.29) is 89.7 Å². The maximum absolute atomic E-state index is 14.3. The highest BCUT2D eigenvalue weighted by molar-refractivity contribution is 7.87. The molecule has 0 aromatic heterocycles. The summed E-state index contributed by atoms with van der Waals surface area (Å²) in [5, 5.41) is 37.9. The van der Waals surface area contributed by atoms with Gasteiger partial charge in [0.15, 0.2) is 0 Å². The molecule has 0 saturated carbocycles. The predicted octanol–water partition coefficient (Wildman–Crippen LogP) is 15.6. The van der Waals surface area contributed by atoms with Crippen molar-refractivity contribution in [3.8, 4) is 23.0 Å². The first kappa shape index (κ1) is 69.1. The zero-order valence-electron chi connectivity index (χ0n) is 50.8.